The topological polar surface area (TPSA) is 52.3 Å². The molecule has 1 saturated carbocycles. The minimum absolute atomic E-state index is 0.00595. The van der Waals surface area contributed by atoms with Crippen LogP contribution in [0.1, 0.15) is 31.2 Å². The first-order chi connectivity index (χ1) is 9.11. The fourth-order valence-electron chi connectivity index (χ4n) is 2.76. The molecule has 2 rings (SSSR count). The molecule has 2 atom stereocenters. The van der Waals surface area contributed by atoms with E-state index in [0.29, 0.717) is 17.2 Å². The Morgan fingerprint density at radius 1 is 1.42 bits per heavy atom. The van der Waals surface area contributed by atoms with Gasteiger partial charge in [0.2, 0.25) is 0 Å². The highest BCUT2D eigenvalue weighted by Gasteiger charge is 2.28. The minimum atomic E-state index is -0.0163. The predicted octanol–water partition coefficient (Wildman–Crippen LogP) is 2.98. The zero-order valence-electron chi connectivity index (χ0n) is 11.2. The van der Waals surface area contributed by atoms with Crippen molar-refractivity contribution >= 4 is 17.4 Å². The number of rotatable bonds is 4. The van der Waals surface area contributed by atoms with Crippen LogP contribution in [0.4, 0.5) is 0 Å². The molecule has 3 nitrogen and oxygen atoms in total. The second kappa shape index (κ2) is 6.40. The lowest BCUT2D eigenvalue weighted by Gasteiger charge is -2.27. The smallest absolute Gasteiger partial charge is 0.142 e. The van der Waals surface area contributed by atoms with Gasteiger partial charge < -0.3 is 10.5 Å². The SMILES string of the molecule is COc1ccc(Cl)cc1CC(=O)C1CCCCC1N. The number of Topliss-reactive ketones (excluding diaryl/α,β-unsaturated/α-hetero) is 1. The van der Waals surface area contributed by atoms with Crippen LogP contribution in [0.2, 0.25) is 5.02 Å². The molecule has 0 aliphatic heterocycles. The van der Waals surface area contributed by atoms with E-state index in [1.165, 1.54) is 0 Å². The Morgan fingerprint density at radius 3 is 2.84 bits per heavy atom. The molecule has 19 heavy (non-hydrogen) atoms. The van der Waals surface area contributed by atoms with Crippen LogP contribution in [0.5, 0.6) is 5.75 Å². The van der Waals surface area contributed by atoms with Crippen molar-refractivity contribution in [2.45, 2.75) is 38.1 Å². The van der Waals surface area contributed by atoms with Gasteiger partial charge in [0.15, 0.2) is 0 Å². The number of ether oxygens (including phenoxy) is 1. The van der Waals surface area contributed by atoms with E-state index >= 15 is 0 Å². The Morgan fingerprint density at radius 2 is 2.16 bits per heavy atom. The summed E-state index contributed by atoms with van der Waals surface area (Å²) in [7, 11) is 1.60. The zero-order chi connectivity index (χ0) is 13.8. The molecular formula is C15H20ClNO2. The van der Waals surface area contributed by atoms with Crippen LogP contribution < -0.4 is 10.5 Å². The van der Waals surface area contributed by atoms with Gasteiger partial charge in [-0.2, -0.15) is 0 Å². The third-order valence-corrected chi connectivity index (χ3v) is 4.08. The molecule has 0 amide bonds. The lowest BCUT2D eigenvalue weighted by Crippen LogP contribution is -2.38. The van der Waals surface area contributed by atoms with Crippen LogP contribution >= 0.6 is 11.6 Å². The Kier molecular flexibility index (Phi) is 4.83. The molecule has 1 aromatic rings. The normalized spacial score (nSPS) is 23.1. The summed E-state index contributed by atoms with van der Waals surface area (Å²) in [6.45, 7) is 0. The van der Waals surface area contributed by atoms with Crippen LogP contribution in [0.15, 0.2) is 18.2 Å². The van der Waals surface area contributed by atoms with E-state index in [1.807, 2.05) is 0 Å². The number of halogens is 1. The van der Waals surface area contributed by atoms with Gasteiger partial charge in [0.25, 0.3) is 0 Å². The molecule has 2 N–H and O–H groups in total. The van der Waals surface area contributed by atoms with Gasteiger partial charge >= 0.3 is 0 Å². The fraction of sp³-hybridized carbons (Fsp3) is 0.533. The molecule has 104 valence electrons. The molecule has 0 radical (unpaired) electrons. The van der Waals surface area contributed by atoms with E-state index in [1.54, 1.807) is 25.3 Å². The Bertz CT molecular complexity index is 461. The lowest BCUT2D eigenvalue weighted by molar-refractivity contribution is -0.123. The number of carbonyl (C=O) groups is 1. The molecule has 1 aromatic carbocycles. The molecule has 0 aromatic heterocycles. The van der Waals surface area contributed by atoms with Crippen LogP contribution in [-0.2, 0) is 11.2 Å². The van der Waals surface area contributed by atoms with Gasteiger partial charge in [-0.15, -0.1) is 0 Å². The Balaban J connectivity index is 2.11. The second-order valence-electron chi connectivity index (χ2n) is 5.15. The highest BCUT2D eigenvalue weighted by molar-refractivity contribution is 6.30. The first-order valence-corrected chi connectivity index (χ1v) is 7.10. The monoisotopic (exact) mass is 281 g/mol. The van der Waals surface area contributed by atoms with Gasteiger partial charge in [0.1, 0.15) is 11.5 Å². The summed E-state index contributed by atoms with van der Waals surface area (Å²) in [4.78, 5) is 12.4. The second-order valence-corrected chi connectivity index (χ2v) is 5.59. The average Bonchev–Trinajstić information content (AvgIpc) is 2.39. The standard InChI is InChI=1S/C15H20ClNO2/c1-19-15-7-6-11(16)8-10(15)9-14(18)12-4-2-3-5-13(12)17/h6-8,12-13H,2-5,9,17H2,1H3. The first-order valence-electron chi connectivity index (χ1n) is 6.72. The third kappa shape index (κ3) is 3.48. The van der Waals surface area contributed by atoms with Crippen molar-refractivity contribution in [3.8, 4) is 5.75 Å². The molecule has 1 fully saturated rings. The Labute approximate surface area is 119 Å². The molecule has 0 heterocycles. The number of hydrogen-bond donors (Lipinski definition) is 1. The van der Waals surface area contributed by atoms with Gasteiger partial charge in [0, 0.05) is 29.0 Å². The van der Waals surface area contributed by atoms with Gasteiger partial charge in [0.05, 0.1) is 7.11 Å². The van der Waals surface area contributed by atoms with Crippen LogP contribution in [-0.4, -0.2) is 18.9 Å². The van der Waals surface area contributed by atoms with E-state index in [-0.39, 0.29) is 17.7 Å². The van der Waals surface area contributed by atoms with Crippen molar-refractivity contribution in [2.75, 3.05) is 7.11 Å². The number of nitrogens with two attached hydrogens (primary N) is 1. The molecule has 0 bridgehead atoms. The number of methoxy groups -OCH3 is 1. The Hall–Kier alpha value is -1.06. The summed E-state index contributed by atoms with van der Waals surface area (Å²) in [6.07, 6.45) is 4.43. The van der Waals surface area contributed by atoms with Crippen LogP contribution in [0.25, 0.3) is 0 Å². The van der Waals surface area contributed by atoms with Crippen molar-refractivity contribution in [3.63, 3.8) is 0 Å². The van der Waals surface area contributed by atoms with Crippen molar-refractivity contribution in [3.05, 3.63) is 28.8 Å². The number of carbonyl (C=O) groups excluding carboxylic acids is 1. The molecule has 0 saturated heterocycles. The molecule has 4 heteroatoms. The molecule has 1 aliphatic carbocycles. The highest BCUT2D eigenvalue weighted by Crippen LogP contribution is 2.28. The van der Waals surface area contributed by atoms with E-state index < -0.39 is 0 Å². The number of hydrogen-bond acceptors (Lipinski definition) is 3. The van der Waals surface area contributed by atoms with Crippen molar-refractivity contribution in [1.29, 1.82) is 0 Å². The first kappa shape index (κ1) is 14.4. The van der Waals surface area contributed by atoms with Crippen LogP contribution in [0, 0.1) is 5.92 Å². The quantitative estimate of drug-likeness (QED) is 0.923. The molecular weight excluding hydrogens is 262 g/mol. The lowest BCUT2D eigenvalue weighted by atomic mass is 9.80. The van der Waals surface area contributed by atoms with E-state index in [0.717, 1.165) is 31.2 Å². The van der Waals surface area contributed by atoms with E-state index in [2.05, 4.69) is 0 Å². The summed E-state index contributed by atoms with van der Waals surface area (Å²) >= 11 is 5.98. The molecule has 0 spiro atoms. The third-order valence-electron chi connectivity index (χ3n) is 3.84. The zero-order valence-corrected chi connectivity index (χ0v) is 12.0. The highest BCUT2D eigenvalue weighted by atomic mass is 35.5. The summed E-state index contributed by atoms with van der Waals surface area (Å²) in [5.74, 6) is 0.896. The van der Waals surface area contributed by atoms with Gasteiger partial charge in [-0.3, -0.25) is 4.79 Å². The number of benzene rings is 1. The summed E-state index contributed by atoms with van der Waals surface area (Å²) in [6, 6.07) is 5.37. The van der Waals surface area contributed by atoms with Crippen LogP contribution in [0.3, 0.4) is 0 Å². The molecule has 1 aliphatic rings. The van der Waals surface area contributed by atoms with Crippen molar-refractivity contribution in [1.82, 2.24) is 0 Å². The van der Waals surface area contributed by atoms with Crippen molar-refractivity contribution < 1.29 is 9.53 Å². The maximum absolute atomic E-state index is 12.4. The summed E-state index contributed by atoms with van der Waals surface area (Å²) < 4.78 is 5.27. The predicted molar refractivity (Wildman–Crippen MR) is 76.6 cm³/mol. The van der Waals surface area contributed by atoms with Gasteiger partial charge in [-0.05, 0) is 31.0 Å². The van der Waals surface area contributed by atoms with E-state index in [9.17, 15) is 4.79 Å². The minimum Gasteiger partial charge on any atom is -0.496 e. The molecule has 2 unspecified atom stereocenters. The maximum Gasteiger partial charge on any atom is 0.142 e. The summed E-state index contributed by atoms with van der Waals surface area (Å²) in [5, 5.41) is 0.622. The van der Waals surface area contributed by atoms with Gasteiger partial charge in [-0.1, -0.05) is 24.4 Å². The maximum atomic E-state index is 12.4. The number of ketones is 1. The van der Waals surface area contributed by atoms with E-state index in [4.69, 9.17) is 22.1 Å². The fourth-order valence-corrected chi connectivity index (χ4v) is 2.96. The van der Waals surface area contributed by atoms with Crippen molar-refractivity contribution in [2.24, 2.45) is 11.7 Å². The van der Waals surface area contributed by atoms with Gasteiger partial charge in [-0.25, -0.2) is 0 Å². The summed E-state index contributed by atoms with van der Waals surface area (Å²) in [5.41, 5.74) is 6.90. The average molecular weight is 282 g/mol. The largest absolute Gasteiger partial charge is 0.496 e.